The molecule has 0 saturated carbocycles. The van der Waals surface area contributed by atoms with Gasteiger partial charge in [-0.05, 0) is 31.0 Å². The van der Waals surface area contributed by atoms with Crippen molar-refractivity contribution in [3.63, 3.8) is 0 Å². The van der Waals surface area contributed by atoms with Crippen LogP contribution in [-0.2, 0) is 11.2 Å². The standard InChI is InChI=1S/C17H16N2O2S/c1-17(2,16(20)21)22-15-8-10-19-11-14(15)13-5-3-12(4-6-13)7-9-18/h3-6,8,10-11H,7H2,1-2H3,(H,20,21). The Labute approximate surface area is 133 Å². The molecule has 0 atom stereocenters. The highest BCUT2D eigenvalue weighted by Crippen LogP contribution is 2.38. The minimum atomic E-state index is -0.920. The fourth-order valence-electron chi connectivity index (χ4n) is 1.90. The lowest BCUT2D eigenvalue weighted by Crippen LogP contribution is -2.27. The van der Waals surface area contributed by atoms with Crippen LogP contribution in [0.15, 0.2) is 47.6 Å². The number of rotatable bonds is 5. The van der Waals surface area contributed by atoms with E-state index in [1.165, 1.54) is 11.8 Å². The Kier molecular flexibility index (Phi) is 4.84. The molecule has 0 fully saturated rings. The topological polar surface area (TPSA) is 74.0 Å². The van der Waals surface area contributed by atoms with Crippen LogP contribution < -0.4 is 0 Å². The van der Waals surface area contributed by atoms with Crippen molar-refractivity contribution in [2.45, 2.75) is 29.9 Å². The molecule has 5 heteroatoms. The van der Waals surface area contributed by atoms with E-state index in [1.807, 2.05) is 30.3 Å². The Morgan fingerprint density at radius 1 is 1.32 bits per heavy atom. The van der Waals surface area contributed by atoms with Crippen molar-refractivity contribution in [3.05, 3.63) is 48.3 Å². The van der Waals surface area contributed by atoms with E-state index in [0.29, 0.717) is 6.42 Å². The monoisotopic (exact) mass is 312 g/mol. The van der Waals surface area contributed by atoms with Crippen molar-refractivity contribution in [2.75, 3.05) is 0 Å². The molecule has 0 bridgehead atoms. The van der Waals surface area contributed by atoms with Gasteiger partial charge in [0.1, 0.15) is 4.75 Å². The van der Waals surface area contributed by atoms with Crippen molar-refractivity contribution in [1.29, 1.82) is 5.26 Å². The summed E-state index contributed by atoms with van der Waals surface area (Å²) in [5.41, 5.74) is 2.80. The fourth-order valence-corrected chi connectivity index (χ4v) is 2.95. The van der Waals surface area contributed by atoms with Crippen LogP contribution >= 0.6 is 11.8 Å². The molecule has 0 aliphatic carbocycles. The van der Waals surface area contributed by atoms with E-state index in [2.05, 4.69) is 11.1 Å². The van der Waals surface area contributed by atoms with Gasteiger partial charge in [-0.25, -0.2) is 0 Å². The van der Waals surface area contributed by atoms with Crippen molar-refractivity contribution in [1.82, 2.24) is 4.98 Å². The second-order valence-electron chi connectivity index (χ2n) is 5.32. The fraction of sp³-hybridized carbons (Fsp3) is 0.235. The van der Waals surface area contributed by atoms with Gasteiger partial charge in [0.05, 0.1) is 12.5 Å². The van der Waals surface area contributed by atoms with Crippen LogP contribution in [0, 0.1) is 11.3 Å². The predicted octanol–water partition coefficient (Wildman–Crippen LogP) is 3.77. The van der Waals surface area contributed by atoms with Crippen LogP contribution in [0.25, 0.3) is 11.1 Å². The van der Waals surface area contributed by atoms with Gasteiger partial charge in [0.2, 0.25) is 0 Å². The molecule has 112 valence electrons. The number of aliphatic carboxylic acids is 1. The molecule has 1 heterocycles. The van der Waals surface area contributed by atoms with Gasteiger partial charge in [-0.1, -0.05) is 24.3 Å². The van der Waals surface area contributed by atoms with Gasteiger partial charge in [-0.15, -0.1) is 11.8 Å². The summed E-state index contributed by atoms with van der Waals surface area (Å²) in [4.78, 5) is 16.3. The van der Waals surface area contributed by atoms with Crippen molar-refractivity contribution >= 4 is 17.7 Å². The number of nitriles is 1. The lowest BCUT2D eigenvalue weighted by molar-refractivity contribution is -0.138. The number of carbonyl (C=O) groups is 1. The van der Waals surface area contributed by atoms with E-state index in [-0.39, 0.29) is 0 Å². The molecule has 2 rings (SSSR count). The minimum absolute atomic E-state index is 0.376. The third-order valence-corrected chi connectivity index (χ3v) is 4.47. The number of nitrogens with zero attached hydrogens (tertiary/aromatic N) is 2. The molecule has 1 N–H and O–H groups in total. The molecule has 0 spiro atoms. The molecule has 4 nitrogen and oxygen atoms in total. The summed E-state index contributed by atoms with van der Waals surface area (Å²) in [5.74, 6) is -0.857. The number of thioether (sulfide) groups is 1. The summed E-state index contributed by atoms with van der Waals surface area (Å²) in [6.07, 6.45) is 3.77. The largest absolute Gasteiger partial charge is 0.480 e. The highest BCUT2D eigenvalue weighted by molar-refractivity contribution is 8.01. The lowest BCUT2D eigenvalue weighted by Gasteiger charge is -2.20. The molecule has 22 heavy (non-hydrogen) atoms. The first-order valence-electron chi connectivity index (χ1n) is 6.77. The maximum atomic E-state index is 11.3. The van der Waals surface area contributed by atoms with Gasteiger partial charge in [-0.3, -0.25) is 9.78 Å². The maximum absolute atomic E-state index is 11.3. The number of aromatic nitrogens is 1. The summed E-state index contributed by atoms with van der Waals surface area (Å²) >= 11 is 1.30. The summed E-state index contributed by atoms with van der Waals surface area (Å²) < 4.78 is -0.920. The molecule has 0 aliphatic heterocycles. The summed E-state index contributed by atoms with van der Waals surface area (Å²) in [6.45, 7) is 3.36. The second-order valence-corrected chi connectivity index (χ2v) is 6.99. The van der Waals surface area contributed by atoms with Crippen LogP contribution in [0.2, 0.25) is 0 Å². The van der Waals surface area contributed by atoms with Gasteiger partial charge in [0.25, 0.3) is 0 Å². The van der Waals surface area contributed by atoms with E-state index < -0.39 is 10.7 Å². The SMILES string of the molecule is CC(C)(Sc1ccncc1-c1ccc(CC#N)cc1)C(=O)O. The average molecular weight is 312 g/mol. The number of benzene rings is 1. The van der Waals surface area contributed by atoms with E-state index in [9.17, 15) is 9.90 Å². The molecule has 1 aromatic heterocycles. The molecule has 0 saturated heterocycles. The molecule has 1 aromatic carbocycles. The van der Waals surface area contributed by atoms with Gasteiger partial charge in [0.15, 0.2) is 0 Å². The van der Waals surface area contributed by atoms with Crippen LogP contribution in [0.3, 0.4) is 0 Å². The molecule has 0 radical (unpaired) electrons. The minimum Gasteiger partial charge on any atom is -0.480 e. The number of hydrogen-bond acceptors (Lipinski definition) is 4. The first kappa shape index (κ1) is 16.1. The van der Waals surface area contributed by atoms with E-state index >= 15 is 0 Å². The zero-order valence-electron chi connectivity index (χ0n) is 12.4. The zero-order chi connectivity index (χ0) is 16.2. The number of hydrogen-bond donors (Lipinski definition) is 1. The quantitative estimate of drug-likeness (QED) is 0.851. The van der Waals surface area contributed by atoms with Gasteiger partial charge >= 0.3 is 5.97 Å². The smallest absolute Gasteiger partial charge is 0.319 e. The van der Waals surface area contributed by atoms with Gasteiger partial charge < -0.3 is 5.11 Å². The summed E-state index contributed by atoms with van der Waals surface area (Å²) in [7, 11) is 0. The number of pyridine rings is 1. The van der Waals surface area contributed by atoms with Crippen LogP contribution in [0.1, 0.15) is 19.4 Å². The third-order valence-electron chi connectivity index (χ3n) is 3.21. The lowest BCUT2D eigenvalue weighted by atomic mass is 10.0. The third kappa shape index (κ3) is 3.66. The summed E-state index contributed by atoms with van der Waals surface area (Å²) in [6, 6.07) is 11.6. The first-order chi connectivity index (χ1) is 10.4. The van der Waals surface area contributed by atoms with Gasteiger partial charge in [-0.2, -0.15) is 5.26 Å². The zero-order valence-corrected chi connectivity index (χ0v) is 13.2. The normalized spacial score (nSPS) is 11.0. The Balaban J connectivity index is 2.36. The van der Waals surface area contributed by atoms with Crippen molar-refractivity contribution in [2.24, 2.45) is 0 Å². The van der Waals surface area contributed by atoms with Crippen LogP contribution in [0.4, 0.5) is 0 Å². The molecule has 2 aromatic rings. The maximum Gasteiger partial charge on any atom is 0.319 e. The number of carboxylic acid groups (broad SMARTS) is 1. The Morgan fingerprint density at radius 2 is 2.00 bits per heavy atom. The molecule has 0 amide bonds. The Bertz CT molecular complexity index is 718. The van der Waals surface area contributed by atoms with Gasteiger partial charge in [0, 0.05) is 22.9 Å². The van der Waals surface area contributed by atoms with E-state index in [0.717, 1.165) is 21.6 Å². The summed E-state index contributed by atoms with van der Waals surface area (Å²) in [5, 5.41) is 18.0. The molecular formula is C17H16N2O2S. The average Bonchev–Trinajstić information content (AvgIpc) is 2.48. The highest BCUT2D eigenvalue weighted by atomic mass is 32.2. The molecular weight excluding hydrogens is 296 g/mol. The van der Waals surface area contributed by atoms with Crippen molar-refractivity contribution < 1.29 is 9.90 Å². The predicted molar refractivity (Wildman–Crippen MR) is 86.6 cm³/mol. The van der Waals surface area contributed by atoms with Crippen LogP contribution in [-0.4, -0.2) is 20.8 Å². The molecule has 0 aliphatic rings. The molecule has 0 unspecified atom stereocenters. The number of carboxylic acids is 1. The van der Waals surface area contributed by atoms with Crippen LogP contribution in [0.5, 0.6) is 0 Å². The Morgan fingerprint density at radius 3 is 2.59 bits per heavy atom. The highest BCUT2D eigenvalue weighted by Gasteiger charge is 2.29. The first-order valence-corrected chi connectivity index (χ1v) is 7.58. The van der Waals surface area contributed by atoms with E-state index in [1.54, 1.807) is 26.2 Å². The second kappa shape index (κ2) is 6.63. The Hall–Kier alpha value is -2.32. The van der Waals surface area contributed by atoms with E-state index in [4.69, 9.17) is 5.26 Å². The van der Waals surface area contributed by atoms with Crippen molar-refractivity contribution in [3.8, 4) is 17.2 Å².